The van der Waals surface area contributed by atoms with Gasteiger partial charge in [-0.05, 0) is 31.7 Å². The van der Waals surface area contributed by atoms with Gasteiger partial charge in [0.2, 0.25) is 0 Å². The summed E-state index contributed by atoms with van der Waals surface area (Å²) in [6.07, 6.45) is 2.47. The van der Waals surface area contributed by atoms with Crippen molar-refractivity contribution >= 4 is 13.6 Å². The van der Waals surface area contributed by atoms with E-state index >= 15 is 0 Å². The molecule has 0 aliphatic rings. The Bertz CT molecular complexity index is 503. The van der Waals surface area contributed by atoms with Gasteiger partial charge in [-0.15, -0.1) is 0 Å². The number of aryl methyl sites for hydroxylation is 1. The maximum Gasteiger partial charge on any atom is 0.333 e. The van der Waals surface area contributed by atoms with E-state index in [1.165, 1.54) is 0 Å². The molecule has 6 heteroatoms. The van der Waals surface area contributed by atoms with Crippen LogP contribution in [0.4, 0.5) is 0 Å². The monoisotopic (exact) mass is 342 g/mol. The molecule has 0 fully saturated rings. The average Bonchev–Trinajstić information content (AvgIpc) is 2.52. The van der Waals surface area contributed by atoms with Crippen LogP contribution in [-0.2, 0) is 24.8 Å². The van der Waals surface area contributed by atoms with E-state index < -0.39 is 19.7 Å². The van der Waals surface area contributed by atoms with Crippen LogP contribution in [0.15, 0.2) is 30.3 Å². The molecule has 0 radical (unpaired) electrons. The first-order valence-electron chi connectivity index (χ1n) is 8.19. The molecule has 0 heterocycles. The smallest absolute Gasteiger partial charge is 0.333 e. The minimum atomic E-state index is -3.39. The van der Waals surface area contributed by atoms with Gasteiger partial charge in [0.05, 0.1) is 12.8 Å². The Morgan fingerprint density at radius 3 is 2.48 bits per heavy atom. The highest BCUT2D eigenvalue weighted by Crippen LogP contribution is 2.50. The van der Waals surface area contributed by atoms with Crippen molar-refractivity contribution in [2.45, 2.75) is 52.1 Å². The summed E-state index contributed by atoms with van der Waals surface area (Å²) in [4.78, 5) is 11.3. The van der Waals surface area contributed by atoms with Gasteiger partial charge in [0.15, 0.2) is 6.10 Å². The zero-order chi connectivity index (χ0) is 17.1. The van der Waals surface area contributed by atoms with Crippen LogP contribution in [0, 0.1) is 0 Å². The summed E-state index contributed by atoms with van der Waals surface area (Å²) in [7, 11) is -3.39. The van der Waals surface area contributed by atoms with Crippen LogP contribution in [-0.4, -0.2) is 29.9 Å². The predicted molar refractivity (Wildman–Crippen MR) is 90.9 cm³/mol. The summed E-state index contributed by atoms with van der Waals surface area (Å²) < 4.78 is 23.5. The molecule has 1 rings (SSSR count). The predicted octanol–water partition coefficient (Wildman–Crippen LogP) is 4.51. The van der Waals surface area contributed by atoms with Gasteiger partial charge < -0.3 is 9.63 Å². The van der Waals surface area contributed by atoms with Gasteiger partial charge in [0.1, 0.15) is 0 Å². The van der Waals surface area contributed by atoms with Crippen LogP contribution in [0.3, 0.4) is 0 Å². The molecule has 0 saturated carbocycles. The van der Waals surface area contributed by atoms with Crippen molar-refractivity contribution < 1.29 is 23.5 Å². The number of aliphatic carboxylic acids is 1. The molecule has 1 aromatic carbocycles. The van der Waals surface area contributed by atoms with E-state index in [0.717, 1.165) is 18.4 Å². The number of hydrogen-bond acceptors (Lipinski definition) is 4. The number of rotatable bonds is 12. The zero-order valence-electron chi connectivity index (χ0n) is 13.9. The van der Waals surface area contributed by atoms with Crippen LogP contribution in [0.1, 0.15) is 45.1 Å². The van der Waals surface area contributed by atoms with Gasteiger partial charge in [-0.1, -0.05) is 50.1 Å². The second-order valence-electron chi connectivity index (χ2n) is 5.42. The van der Waals surface area contributed by atoms with Gasteiger partial charge in [-0.3, -0.25) is 9.09 Å². The standard InChI is InChI=1S/C17H27O5P/c1-3-5-13-16(17(18)19)22-23(20,21-4-2)14-9-12-15-10-7-6-8-11-15/h6-8,10-11,16H,3-5,9,12-14H2,1-2H3,(H,18,19)/t16-,23-/m0/s1. The molecule has 1 aromatic rings. The average molecular weight is 342 g/mol. The van der Waals surface area contributed by atoms with Crippen molar-refractivity contribution in [3.05, 3.63) is 35.9 Å². The van der Waals surface area contributed by atoms with Crippen LogP contribution < -0.4 is 0 Å². The lowest BCUT2D eigenvalue weighted by Gasteiger charge is -2.22. The maximum atomic E-state index is 12.8. The largest absolute Gasteiger partial charge is 0.479 e. The van der Waals surface area contributed by atoms with Crippen LogP contribution in [0.2, 0.25) is 0 Å². The van der Waals surface area contributed by atoms with Gasteiger partial charge >= 0.3 is 13.6 Å². The molecule has 2 atom stereocenters. The molecular formula is C17H27O5P. The van der Waals surface area contributed by atoms with Gasteiger partial charge in [0, 0.05) is 0 Å². The highest BCUT2D eigenvalue weighted by atomic mass is 31.2. The van der Waals surface area contributed by atoms with Crippen molar-refractivity contribution in [1.82, 2.24) is 0 Å². The molecule has 0 aliphatic heterocycles. The number of carboxylic acids is 1. The number of benzene rings is 1. The van der Waals surface area contributed by atoms with E-state index in [4.69, 9.17) is 9.05 Å². The van der Waals surface area contributed by atoms with Gasteiger partial charge in [-0.2, -0.15) is 0 Å². The minimum absolute atomic E-state index is 0.228. The molecule has 0 amide bonds. The fourth-order valence-corrected chi connectivity index (χ4v) is 4.09. The topological polar surface area (TPSA) is 72.8 Å². The van der Waals surface area contributed by atoms with Crippen molar-refractivity contribution in [1.29, 1.82) is 0 Å². The Hall–Kier alpha value is -1.16. The number of unbranched alkanes of at least 4 members (excludes halogenated alkanes) is 1. The summed E-state index contributed by atoms with van der Waals surface area (Å²) in [6, 6.07) is 9.88. The molecule has 0 aliphatic carbocycles. The molecule has 0 aromatic heterocycles. The van der Waals surface area contributed by atoms with Crippen LogP contribution >= 0.6 is 7.60 Å². The number of hydrogen-bond donors (Lipinski definition) is 1. The summed E-state index contributed by atoms with van der Waals surface area (Å²) in [6.45, 7) is 3.94. The SMILES string of the molecule is CCCC[C@H](O[P@](=O)(CCCc1ccccc1)OCC)C(=O)O. The Balaban J connectivity index is 2.61. The van der Waals surface area contributed by atoms with Crippen molar-refractivity contribution in [2.24, 2.45) is 0 Å². The maximum absolute atomic E-state index is 12.8. The Morgan fingerprint density at radius 1 is 1.22 bits per heavy atom. The van der Waals surface area contributed by atoms with Crippen LogP contribution in [0.5, 0.6) is 0 Å². The first kappa shape index (κ1) is 19.9. The molecule has 5 nitrogen and oxygen atoms in total. The second kappa shape index (κ2) is 10.6. The molecule has 1 N–H and O–H groups in total. The molecular weight excluding hydrogens is 315 g/mol. The molecule has 0 unspecified atom stereocenters. The van der Waals surface area contributed by atoms with Crippen LogP contribution in [0.25, 0.3) is 0 Å². The first-order chi connectivity index (χ1) is 11.0. The first-order valence-corrected chi connectivity index (χ1v) is 9.92. The Kier molecular flexibility index (Phi) is 9.15. The third-order valence-corrected chi connectivity index (χ3v) is 5.54. The highest BCUT2D eigenvalue weighted by Gasteiger charge is 2.31. The summed E-state index contributed by atoms with van der Waals surface area (Å²) in [5.41, 5.74) is 1.15. The second-order valence-corrected chi connectivity index (χ2v) is 7.55. The lowest BCUT2D eigenvalue weighted by Crippen LogP contribution is -2.24. The zero-order valence-corrected chi connectivity index (χ0v) is 14.8. The number of carbonyl (C=O) groups is 1. The van der Waals surface area contributed by atoms with E-state index in [0.29, 0.717) is 19.3 Å². The summed E-state index contributed by atoms with van der Waals surface area (Å²) in [5.74, 6) is -1.08. The van der Waals surface area contributed by atoms with Crippen molar-refractivity contribution in [3.63, 3.8) is 0 Å². The minimum Gasteiger partial charge on any atom is -0.479 e. The van der Waals surface area contributed by atoms with E-state index in [1.807, 2.05) is 37.3 Å². The van der Waals surface area contributed by atoms with Gasteiger partial charge in [0.25, 0.3) is 0 Å². The third-order valence-electron chi connectivity index (χ3n) is 3.45. The quantitative estimate of drug-likeness (QED) is 0.566. The fourth-order valence-electron chi connectivity index (χ4n) is 2.27. The normalized spacial score (nSPS) is 15.0. The Morgan fingerprint density at radius 2 is 1.91 bits per heavy atom. The fraction of sp³-hybridized carbons (Fsp3) is 0.588. The molecule has 23 heavy (non-hydrogen) atoms. The van der Waals surface area contributed by atoms with E-state index in [9.17, 15) is 14.5 Å². The van der Waals surface area contributed by atoms with E-state index in [2.05, 4.69) is 0 Å². The van der Waals surface area contributed by atoms with E-state index in [-0.39, 0.29) is 12.8 Å². The van der Waals surface area contributed by atoms with Crippen molar-refractivity contribution in [3.8, 4) is 0 Å². The summed E-state index contributed by atoms with van der Waals surface area (Å²) >= 11 is 0. The number of carboxylic acid groups (broad SMARTS) is 1. The van der Waals surface area contributed by atoms with Gasteiger partial charge in [-0.25, -0.2) is 4.79 Å². The Labute approximate surface area is 138 Å². The highest BCUT2D eigenvalue weighted by molar-refractivity contribution is 7.53. The van der Waals surface area contributed by atoms with E-state index in [1.54, 1.807) is 6.92 Å². The lowest BCUT2D eigenvalue weighted by molar-refractivity contribution is -0.145. The molecule has 130 valence electrons. The summed E-state index contributed by atoms with van der Waals surface area (Å²) in [5, 5.41) is 9.23. The third kappa shape index (κ3) is 7.78. The lowest BCUT2D eigenvalue weighted by atomic mass is 10.1. The molecule has 0 saturated heterocycles. The molecule has 0 spiro atoms. The molecule has 0 bridgehead atoms. The van der Waals surface area contributed by atoms with Crippen molar-refractivity contribution in [2.75, 3.05) is 12.8 Å².